The van der Waals surface area contributed by atoms with E-state index in [4.69, 9.17) is 10.5 Å². The van der Waals surface area contributed by atoms with E-state index in [2.05, 4.69) is 5.32 Å². The summed E-state index contributed by atoms with van der Waals surface area (Å²) in [5, 5.41) is 2.52. The Morgan fingerprint density at radius 3 is 2.73 bits per heavy atom. The molecule has 0 aromatic heterocycles. The maximum Gasteiger partial charge on any atom is 0.408 e. The van der Waals surface area contributed by atoms with Crippen LogP contribution in [0.5, 0.6) is 0 Å². The fourth-order valence-electron chi connectivity index (χ4n) is 2.24. The number of nitrogens with two attached hydrogens (primary N) is 1. The molecule has 0 spiro atoms. The molecule has 1 aromatic carbocycles. The van der Waals surface area contributed by atoms with Gasteiger partial charge in [0.1, 0.15) is 17.5 Å². The largest absolute Gasteiger partial charge is 0.444 e. The maximum atomic E-state index is 13.9. The average Bonchev–Trinajstić information content (AvgIpc) is 2.69. The Hall–Kier alpha value is -2.31. The Morgan fingerprint density at radius 1 is 1.45 bits per heavy atom. The first-order chi connectivity index (χ1) is 10.2. The molecule has 1 saturated heterocycles. The van der Waals surface area contributed by atoms with Crippen molar-refractivity contribution in [3.63, 3.8) is 0 Å². The molecular weight excluding hydrogens is 289 g/mol. The van der Waals surface area contributed by atoms with Gasteiger partial charge in [-0.1, -0.05) is 0 Å². The number of carbonyl (C=O) groups excluding carboxylic acids is 2. The Labute approximate surface area is 128 Å². The molecule has 120 valence electrons. The lowest BCUT2D eigenvalue weighted by atomic mass is 10.2. The van der Waals surface area contributed by atoms with E-state index in [-0.39, 0.29) is 17.3 Å². The van der Waals surface area contributed by atoms with Gasteiger partial charge in [-0.3, -0.25) is 4.79 Å². The van der Waals surface area contributed by atoms with E-state index in [9.17, 15) is 14.0 Å². The molecule has 0 bridgehead atoms. The lowest BCUT2D eigenvalue weighted by Gasteiger charge is -2.22. The van der Waals surface area contributed by atoms with Gasteiger partial charge in [0.05, 0.1) is 5.69 Å². The van der Waals surface area contributed by atoms with E-state index in [0.717, 1.165) is 6.07 Å². The van der Waals surface area contributed by atoms with Gasteiger partial charge in [-0.2, -0.15) is 0 Å². The minimum absolute atomic E-state index is 0.160. The molecule has 1 aromatic rings. The Kier molecular flexibility index (Phi) is 4.25. The van der Waals surface area contributed by atoms with Crippen molar-refractivity contribution >= 4 is 23.4 Å². The van der Waals surface area contributed by atoms with E-state index in [1.807, 2.05) is 0 Å². The topological polar surface area (TPSA) is 84.7 Å². The molecule has 0 saturated carbocycles. The minimum Gasteiger partial charge on any atom is -0.444 e. The molecule has 1 heterocycles. The fraction of sp³-hybridized carbons (Fsp3) is 0.467. The van der Waals surface area contributed by atoms with E-state index in [1.165, 1.54) is 17.0 Å². The second-order valence-corrected chi connectivity index (χ2v) is 6.19. The number of alkyl carbamates (subject to hydrolysis) is 1. The van der Waals surface area contributed by atoms with Gasteiger partial charge in [-0.05, 0) is 45.4 Å². The monoisotopic (exact) mass is 309 g/mol. The molecule has 1 atom stereocenters. The Morgan fingerprint density at radius 2 is 2.14 bits per heavy atom. The van der Waals surface area contributed by atoms with E-state index < -0.39 is 23.6 Å². The zero-order valence-corrected chi connectivity index (χ0v) is 12.9. The second-order valence-electron chi connectivity index (χ2n) is 6.19. The number of hydrogen-bond donors (Lipinski definition) is 2. The highest BCUT2D eigenvalue weighted by Crippen LogP contribution is 2.26. The number of halogens is 1. The van der Waals surface area contributed by atoms with E-state index >= 15 is 0 Å². The van der Waals surface area contributed by atoms with Crippen molar-refractivity contribution in [2.75, 3.05) is 17.2 Å². The summed E-state index contributed by atoms with van der Waals surface area (Å²) in [5.74, 6) is -0.930. The first-order valence-electron chi connectivity index (χ1n) is 7.03. The van der Waals surface area contributed by atoms with Gasteiger partial charge in [-0.25, -0.2) is 9.18 Å². The van der Waals surface area contributed by atoms with Gasteiger partial charge < -0.3 is 20.7 Å². The molecule has 1 aliphatic heterocycles. The molecule has 6 nitrogen and oxygen atoms in total. The third kappa shape index (κ3) is 3.66. The zero-order chi connectivity index (χ0) is 16.5. The first-order valence-corrected chi connectivity index (χ1v) is 7.03. The summed E-state index contributed by atoms with van der Waals surface area (Å²) in [6.07, 6.45) is -0.271. The zero-order valence-electron chi connectivity index (χ0n) is 12.9. The van der Waals surface area contributed by atoms with Gasteiger partial charge in [0.2, 0.25) is 5.91 Å². The Balaban J connectivity index is 2.05. The number of amides is 2. The summed E-state index contributed by atoms with van der Waals surface area (Å²) in [5.41, 5.74) is 5.30. The van der Waals surface area contributed by atoms with Crippen LogP contribution in [0.4, 0.5) is 20.6 Å². The quantitative estimate of drug-likeness (QED) is 0.819. The number of nitrogens with zero attached hydrogens (tertiary/aromatic N) is 1. The molecule has 0 radical (unpaired) electrons. The van der Waals surface area contributed by atoms with E-state index in [0.29, 0.717) is 13.0 Å². The van der Waals surface area contributed by atoms with E-state index in [1.54, 1.807) is 20.8 Å². The molecular formula is C15H20FN3O3. The van der Waals surface area contributed by atoms with Crippen LogP contribution in [0.3, 0.4) is 0 Å². The summed E-state index contributed by atoms with van der Waals surface area (Å²) in [4.78, 5) is 25.3. The number of carbonyl (C=O) groups is 2. The highest BCUT2D eigenvalue weighted by Gasteiger charge is 2.35. The van der Waals surface area contributed by atoms with Crippen LogP contribution in [0, 0.1) is 5.82 Å². The van der Waals surface area contributed by atoms with Crippen LogP contribution in [0.1, 0.15) is 27.2 Å². The van der Waals surface area contributed by atoms with Crippen molar-refractivity contribution in [1.29, 1.82) is 0 Å². The number of benzene rings is 1. The highest BCUT2D eigenvalue weighted by atomic mass is 19.1. The van der Waals surface area contributed by atoms with Gasteiger partial charge in [0.25, 0.3) is 0 Å². The van der Waals surface area contributed by atoms with Gasteiger partial charge in [0.15, 0.2) is 0 Å². The van der Waals surface area contributed by atoms with Gasteiger partial charge in [-0.15, -0.1) is 0 Å². The number of hydrogen-bond acceptors (Lipinski definition) is 4. The van der Waals surface area contributed by atoms with Crippen LogP contribution in [-0.2, 0) is 9.53 Å². The fourth-order valence-corrected chi connectivity index (χ4v) is 2.24. The molecule has 7 heteroatoms. The lowest BCUT2D eigenvalue weighted by Crippen LogP contribution is -2.43. The standard InChI is InChI=1S/C15H20FN3O3/c1-15(2,3)22-14(21)18-11-6-7-19(13(11)20)12-5-4-9(17)8-10(12)16/h4-5,8,11H,6-7,17H2,1-3H3,(H,18,21)/t11-/m0/s1. The summed E-state index contributed by atoms with van der Waals surface area (Å²) in [6.45, 7) is 5.53. The normalized spacial score (nSPS) is 18.5. The maximum absolute atomic E-state index is 13.9. The van der Waals surface area contributed by atoms with Crippen molar-refractivity contribution in [3.8, 4) is 0 Å². The molecule has 0 unspecified atom stereocenters. The van der Waals surface area contributed by atoms with Crippen LogP contribution >= 0.6 is 0 Å². The molecule has 2 rings (SSSR count). The van der Waals surface area contributed by atoms with Crippen molar-refractivity contribution in [1.82, 2.24) is 5.32 Å². The van der Waals surface area contributed by atoms with Crippen molar-refractivity contribution in [2.24, 2.45) is 0 Å². The molecule has 0 aliphatic carbocycles. The number of rotatable bonds is 2. The predicted octanol–water partition coefficient (Wildman–Crippen LogP) is 2.04. The summed E-state index contributed by atoms with van der Waals surface area (Å²) in [6, 6.07) is 3.43. The molecule has 22 heavy (non-hydrogen) atoms. The number of nitrogens with one attached hydrogen (secondary N) is 1. The smallest absolute Gasteiger partial charge is 0.408 e. The number of ether oxygens (including phenoxy) is 1. The predicted molar refractivity (Wildman–Crippen MR) is 80.9 cm³/mol. The summed E-state index contributed by atoms with van der Waals surface area (Å²) in [7, 11) is 0. The third-order valence-electron chi connectivity index (χ3n) is 3.16. The second kappa shape index (κ2) is 5.82. The number of anilines is 2. The molecule has 2 amide bonds. The van der Waals surface area contributed by atoms with Crippen molar-refractivity contribution in [2.45, 2.75) is 38.8 Å². The SMILES string of the molecule is CC(C)(C)OC(=O)N[C@H]1CCN(c2ccc(N)cc2F)C1=O. The molecule has 1 fully saturated rings. The number of nitrogen functional groups attached to an aromatic ring is 1. The van der Waals surface area contributed by atoms with Crippen LogP contribution in [0.2, 0.25) is 0 Å². The van der Waals surface area contributed by atoms with Crippen molar-refractivity contribution < 1.29 is 18.7 Å². The minimum atomic E-state index is -0.716. The van der Waals surface area contributed by atoms with Crippen molar-refractivity contribution in [3.05, 3.63) is 24.0 Å². The van der Waals surface area contributed by atoms with Gasteiger partial charge >= 0.3 is 6.09 Å². The Bertz CT molecular complexity index is 598. The van der Waals surface area contributed by atoms with Crippen LogP contribution in [0.25, 0.3) is 0 Å². The molecule has 3 N–H and O–H groups in total. The first kappa shape index (κ1) is 16.1. The highest BCUT2D eigenvalue weighted by molar-refractivity contribution is 6.01. The average molecular weight is 309 g/mol. The van der Waals surface area contributed by atoms with Crippen LogP contribution in [0.15, 0.2) is 18.2 Å². The van der Waals surface area contributed by atoms with Gasteiger partial charge in [0, 0.05) is 12.2 Å². The van der Waals surface area contributed by atoms with Crippen LogP contribution < -0.4 is 16.0 Å². The molecule has 1 aliphatic rings. The third-order valence-corrected chi connectivity index (χ3v) is 3.16. The summed E-state index contributed by atoms with van der Waals surface area (Å²) >= 11 is 0. The summed E-state index contributed by atoms with van der Waals surface area (Å²) < 4.78 is 19.0. The lowest BCUT2D eigenvalue weighted by molar-refractivity contribution is -0.118. The van der Waals surface area contributed by atoms with Crippen LogP contribution in [-0.4, -0.2) is 30.2 Å².